The Bertz CT molecular complexity index is 428. The van der Waals surface area contributed by atoms with Crippen LogP contribution in [0.5, 0.6) is 0 Å². The molecule has 0 saturated carbocycles. The largest absolute Gasteiger partial charge is 0.379 e. The standard InChI is InChI=1S/C13H23N5OS/c1-11-12(20-10-17-11)9-16-13(14)15-3-2-4-18-5-7-19-8-6-18/h10H,2-9H2,1H3,(H3,14,15,16). The summed E-state index contributed by atoms with van der Waals surface area (Å²) in [6, 6.07) is 0. The average Bonchev–Trinajstić information content (AvgIpc) is 2.88. The lowest BCUT2D eigenvalue weighted by atomic mass is 10.3. The predicted octanol–water partition coefficient (Wildman–Crippen LogP) is 0.578. The van der Waals surface area contributed by atoms with Gasteiger partial charge in [0.1, 0.15) is 0 Å². The van der Waals surface area contributed by atoms with Crippen LogP contribution in [0.15, 0.2) is 10.5 Å². The summed E-state index contributed by atoms with van der Waals surface area (Å²) in [4.78, 5) is 12.1. The number of aryl methyl sites for hydroxylation is 1. The number of morpholine rings is 1. The number of nitrogens with zero attached hydrogens (tertiary/aromatic N) is 3. The second-order valence-corrected chi connectivity index (χ2v) is 5.74. The van der Waals surface area contributed by atoms with Gasteiger partial charge in [-0.2, -0.15) is 0 Å². The third kappa shape index (κ3) is 5.07. The second-order valence-electron chi connectivity index (χ2n) is 4.80. The third-order valence-corrected chi connectivity index (χ3v) is 4.22. The molecule has 0 amide bonds. The van der Waals surface area contributed by atoms with E-state index in [1.807, 2.05) is 12.4 Å². The van der Waals surface area contributed by atoms with E-state index >= 15 is 0 Å². The summed E-state index contributed by atoms with van der Waals surface area (Å²) in [5.74, 6) is 0.514. The number of hydrogen-bond donors (Lipinski definition) is 2. The maximum absolute atomic E-state index is 5.85. The van der Waals surface area contributed by atoms with Crippen LogP contribution in [0.2, 0.25) is 0 Å². The first kappa shape index (κ1) is 15.2. The van der Waals surface area contributed by atoms with Crippen molar-refractivity contribution in [2.45, 2.75) is 19.9 Å². The monoisotopic (exact) mass is 297 g/mol. The maximum Gasteiger partial charge on any atom is 0.188 e. The van der Waals surface area contributed by atoms with Gasteiger partial charge in [-0.1, -0.05) is 0 Å². The molecule has 0 spiro atoms. The van der Waals surface area contributed by atoms with Gasteiger partial charge in [0.25, 0.3) is 0 Å². The van der Waals surface area contributed by atoms with Crippen molar-refractivity contribution in [2.24, 2.45) is 10.7 Å². The van der Waals surface area contributed by atoms with E-state index in [1.54, 1.807) is 11.3 Å². The molecule has 3 N–H and O–H groups in total. The van der Waals surface area contributed by atoms with E-state index in [2.05, 4.69) is 20.2 Å². The Morgan fingerprint density at radius 1 is 1.55 bits per heavy atom. The van der Waals surface area contributed by atoms with Gasteiger partial charge in [-0.15, -0.1) is 11.3 Å². The Kier molecular flexibility index (Phi) is 6.23. The van der Waals surface area contributed by atoms with Crippen molar-refractivity contribution in [1.29, 1.82) is 0 Å². The molecule has 2 heterocycles. The first-order chi connectivity index (χ1) is 9.75. The van der Waals surface area contributed by atoms with Crippen molar-refractivity contribution in [1.82, 2.24) is 15.2 Å². The van der Waals surface area contributed by atoms with Crippen LogP contribution in [-0.2, 0) is 11.3 Å². The van der Waals surface area contributed by atoms with Gasteiger partial charge in [-0.25, -0.2) is 9.98 Å². The summed E-state index contributed by atoms with van der Waals surface area (Å²) in [6.07, 6.45) is 1.07. The molecule has 20 heavy (non-hydrogen) atoms. The lowest BCUT2D eigenvalue weighted by molar-refractivity contribution is 0.0376. The van der Waals surface area contributed by atoms with Gasteiger partial charge in [0, 0.05) is 24.5 Å². The minimum atomic E-state index is 0.514. The fourth-order valence-electron chi connectivity index (χ4n) is 2.03. The molecule has 0 bridgehead atoms. The number of guanidine groups is 1. The molecule has 1 fully saturated rings. The molecule has 112 valence electrons. The van der Waals surface area contributed by atoms with Crippen LogP contribution in [0, 0.1) is 6.92 Å². The van der Waals surface area contributed by atoms with Gasteiger partial charge in [-0.05, 0) is 19.9 Å². The van der Waals surface area contributed by atoms with Gasteiger partial charge in [0.2, 0.25) is 0 Å². The van der Waals surface area contributed by atoms with E-state index in [9.17, 15) is 0 Å². The van der Waals surface area contributed by atoms with E-state index in [4.69, 9.17) is 10.5 Å². The minimum Gasteiger partial charge on any atom is -0.379 e. The SMILES string of the molecule is Cc1ncsc1CN=C(N)NCCCN1CCOCC1. The number of thiazole rings is 1. The van der Waals surface area contributed by atoms with Gasteiger partial charge in [-0.3, -0.25) is 4.90 Å². The quantitative estimate of drug-likeness (QED) is 0.456. The van der Waals surface area contributed by atoms with Crippen LogP contribution >= 0.6 is 11.3 Å². The summed E-state index contributed by atoms with van der Waals surface area (Å²) < 4.78 is 5.32. The molecule has 1 aliphatic rings. The molecule has 1 aromatic heterocycles. The van der Waals surface area contributed by atoms with Crippen LogP contribution in [0.1, 0.15) is 17.0 Å². The molecule has 2 rings (SSSR count). The van der Waals surface area contributed by atoms with Gasteiger partial charge in [0.15, 0.2) is 5.96 Å². The minimum absolute atomic E-state index is 0.514. The summed E-state index contributed by atoms with van der Waals surface area (Å²) in [5, 5.41) is 3.16. The molecule has 1 aromatic rings. The molecule has 1 aliphatic heterocycles. The molecule has 0 radical (unpaired) electrons. The number of aliphatic imine (C=N–C) groups is 1. The maximum atomic E-state index is 5.85. The average molecular weight is 297 g/mol. The number of nitrogens with two attached hydrogens (primary N) is 1. The number of nitrogens with one attached hydrogen (secondary N) is 1. The van der Waals surface area contributed by atoms with Crippen LogP contribution in [0.25, 0.3) is 0 Å². The van der Waals surface area contributed by atoms with Crippen molar-refractivity contribution >= 4 is 17.3 Å². The first-order valence-corrected chi connectivity index (χ1v) is 7.86. The van der Waals surface area contributed by atoms with Crippen LogP contribution in [-0.4, -0.2) is 55.2 Å². The highest BCUT2D eigenvalue weighted by Gasteiger charge is 2.09. The zero-order valence-electron chi connectivity index (χ0n) is 12.0. The predicted molar refractivity (Wildman–Crippen MR) is 82.1 cm³/mol. The van der Waals surface area contributed by atoms with Crippen molar-refractivity contribution in [3.8, 4) is 0 Å². The number of aromatic nitrogens is 1. The topological polar surface area (TPSA) is 75.8 Å². The fraction of sp³-hybridized carbons (Fsp3) is 0.692. The molecular formula is C13H23N5OS. The Labute approximate surface area is 124 Å². The fourth-order valence-corrected chi connectivity index (χ4v) is 2.74. The van der Waals surface area contributed by atoms with Gasteiger partial charge >= 0.3 is 0 Å². The summed E-state index contributed by atoms with van der Waals surface area (Å²) in [7, 11) is 0. The van der Waals surface area contributed by atoms with Crippen molar-refractivity contribution in [3.63, 3.8) is 0 Å². The van der Waals surface area contributed by atoms with Crippen molar-refractivity contribution in [2.75, 3.05) is 39.4 Å². The highest BCUT2D eigenvalue weighted by atomic mass is 32.1. The lowest BCUT2D eigenvalue weighted by Gasteiger charge is -2.26. The Morgan fingerprint density at radius 2 is 2.35 bits per heavy atom. The summed E-state index contributed by atoms with van der Waals surface area (Å²) >= 11 is 1.62. The van der Waals surface area contributed by atoms with Crippen molar-refractivity contribution in [3.05, 3.63) is 16.1 Å². The molecule has 0 aliphatic carbocycles. The Balaban J connectivity index is 1.59. The zero-order valence-corrected chi connectivity index (χ0v) is 12.8. The lowest BCUT2D eigenvalue weighted by Crippen LogP contribution is -2.39. The van der Waals surface area contributed by atoms with Crippen LogP contribution < -0.4 is 11.1 Å². The first-order valence-electron chi connectivity index (χ1n) is 6.98. The second kappa shape index (κ2) is 8.18. The van der Waals surface area contributed by atoms with E-state index < -0.39 is 0 Å². The molecule has 0 unspecified atom stereocenters. The normalized spacial score (nSPS) is 17.4. The van der Waals surface area contributed by atoms with Crippen LogP contribution in [0.4, 0.5) is 0 Å². The smallest absolute Gasteiger partial charge is 0.188 e. The van der Waals surface area contributed by atoms with E-state index in [-0.39, 0.29) is 0 Å². The Morgan fingerprint density at radius 3 is 3.05 bits per heavy atom. The molecular weight excluding hydrogens is 274 g/mol. The molecule has 0 atom stereocenters. The molecule has 1 saturated heterocycles. The van der Waals surface area contributed by atoms with E-state index in [0.29, 0.717) is 12.5 Å². The zero-order chi connectivity index (χ0) is 14.2. The van der Waals surface area contributed by atoms with Gasteiger partial charge in [0.05, 0.1) is 31.0 Å². The van der Waals surface area contributed by atoms with Gasteiger partial charge < -0.3 is 15.8 Å². The summed E-state index contributed by atoms with van der Waals surface area (Å²) in [5.41, 5.74) is 8.73. The summed E-state index contributed by atoms with van der Waals surface area (Å²) in [6.45, 7) is 8.32. The molecule has 7 heteroatoms. The van der Waals surface area contributed by atoms with E-state index in [1.165, 1.54) is 4.88 Å². The highest BCUT2D eigenvalue weighted by Crippen LogP contribution is 2.12. The number of ether oxygens (including phenoxy) is 1. The number of hydrogen-bond acceptors (Lipinski definition) is 5. The highest BCUT2D eigenvalue weighted by molar-refractivity contribution is 7.09. The molecule has 0 aromatic carbocycles. The van der Waals surface area contributed by atoms with E-state index in [0.717, 1.165) is 51.5 Å². The third-order valence-electron chi connectivity index (χ3n) is 3.30. The van der Waals surface area contributed by atoms with Crippen LogP contribution in [0.3, 0.4) is 0 Å². The number of rotatable bonds is 6. The van der Waals surface area contributed by atoms with Crippen molar-refractivity contribution < 1.29 is 4.74 Å². The molecule has 6 nitrogen and oxygen atoms in total. The Hall–Kier alpha value is -1.18.